The topological polar surface area (TPSA) is 79.4 Å². The Morgan fingerprint density at radius 2 is 2.29 bits per heavy atom. The Labute approximate surface area is 122 Å². The van der Waals surface area contributed by atoms with Crippen molar-refractivity contribution in [1.29, 1.82) is 0 Å². The minimum Gasteiger partial charge on any atom is -0.493 e. The van der Waals surface area contributed by atoms with Crippen LogP contribution in [0.4, 0.5) is 0 Å². The molecule has 1 unspecified atom stereocenters. The van der Waals surface area contributed by atoms with Gasteiger partial charge in [0.05, 0.1) is 19.3 Å². The molecule has 6 heteroatoms. The average Bonchev–Trinajstić information content (AvgIpc) is 2.91. The number of hydrogen-bond acceptors (Lipinski definition) is 5. The molecule has 0 saturated carbocycles. The van der Waals surface area contributed by atoms with Crippen molar-refractivity contribution in [1.82, 2.24) is 9.78 Å². The lowest BCUT2D eigenvalue weighted by Gasteiger charge is -2.11. The van der Waals surface area contributed by atoms with Crippen molar-refractivity contribution in [2.45, 2.75) is 12.5 Å². The molecule has 0 radical (unpaired) electrons. The van der Waals surface area contributed by atoms with Crippen LogP contribution < -0.4 is 20.8 Å². The van der Waals surface area contributed by atoms with Crippen LogP contribution in [-0.2, 0) is 6.54 Å². The van der Waals surface area contributed by atoms with Gasteiger partial charge in [-0.1, -0.05) is 18.2 Å². The Hall–Kier alpha value is -2.34. The molecule has 0 aliphatic carbocycles. The number of nitrogens with two attached hydrogens (primary N) is 1. The van der Waals surface area contributed by atoms with Gasteiger partial charge in [-0.2, -0.15) is 5.10 Å². The van der Waals surface area contributed by atoms with Crippen LogP contribution in [0.5, 0.6) is 11.5 Å². The van der Waals surface area contributed by atoms with E-state index in [0.29, 0.717) is 32.1 Å². The van der Waals surface area contributed by atoms with Crippen molar-refractivity contribution in [3.05, 3.63) is 52.4 Å². The van der Waals surface area contributed by atoms with Gasteiger partial charge in [-0.3, -0.25) is 4.79 Å². The standard InChI is InChI=1S/C15H17N3O3/c16-5-6-20-12-7-15(19)18(17-8-12)9-11-10-21-14-4-2-1-3-13(11)14/h1-4,7-8,11H,5-6,9-10,16H2. The largest absolute Gasteiger partial charge is 0.493 e. The third-order valence-corrected chi connectivity index (χ3v) is 3.42. The summed E-state index contributed by atoms with van der Waals surface area (Å²) >= 11 is 0. The number of hydrogen-bond donors (Lipinski definition) is 1. The Morgan fingerprint density at radius 1 is 1.43 bits per heavy atom. The van der Waals surface area contributed by atoms with Crippen LogP contribution in [0.3, 0.4) is 0 Å². The predicted molar refractivity (Wildman–Crippen MR) is 77.7 cm³/mol. The van der Waals surface area contributed by atoms with Crippen LogP contribution in [0.2, 0.25) is 0 Å². The summed E-state index contributed by atoms with van der Waals surface area (Å²) < 4.78 is 12.3. The summed E-state index contributed by atoms with van der Waals surface area (Å²) in [6.45, 7) is 1.83. The summed E-state index contributed by atoms with van der Waals surface area (Å²) in [7, 11) is 0. The zero-order valence-electron chi connectivity index (χ0n) is 11.6. The predicted octanol–water partition coefficient (Wildman–Crippen LogP) is 0.757. The molecule has 2 N–H and O–H groups in total. The second kappa shape index (κ2) is 5.97. The molecule has 1 aromatic heterocycles. The summed E-state index contributed by atoms with van der Waals surface area (Å²) in [6, 6.07) is 9.31. The fourth-order valence-corrected chi connectivity index (χ4v) is 2.40. The lowest BCUT2D eigenvalue weighted by molar-refractivity contribution is 0.308. The van der Waals surface area contributed by atoms with E-state index >= 15 is 0 Å². The van der Waals surface area contributed by atoms with Gasteiger partial charge in [-0.25, -0.2) is 4.68 Å². The quantitative estimate of drug-likeness (QED) is 0.878. The minimum atomic E-state index is -0.186. The highest BCUT2D eigenvalue weighted by Gasteiger charge is 2.24. The highest BCUT2D eigenvalue weighted by molar-refractivity contribution is 5.39. The molecule has 2 aromatic rings. The van der Waals surface area contributed by atoms with E-state index in [4.69, 9.17) is 15.2 Å². The highest BCUT2D eigenvalue weighted by atomic mass is 16.5. The molecule has 6 nitrogen and oxygen atoms in total. The van der Waals surface area contributed by atoms with E-state index in [-0.39, 0.29) is 11.5 Å². The smallest absolute Gasteiger partial charge is 0.270 e. The van der Waals surface area contributed by atoms with E-state index in [9.17, 15) is 4.79 Å². The highest BCUT2D eigenvalue weighted by Crippen LogP contribution is 2.33. The number of aromatic nitrogens is 2. The molecule has 0 amide bonds. The van der Waals surface area contributed by atoms with Crippen molar-refractivity contribution < 1.29 is 9.47 Å². The second-order valence-corrected chi connectivity index (χ2v) is 4.89. The third kappa shape index (κ3) is 2.90. The van der Waals surface area contributed by atoms with Crippen molar-refractivity contribution in [3.8, 4) is 11.5 Å². The first kappa shape index (κ1) is 13.6. The SMILES string of the molecule is NCCOc1cnn(CC2COc3ccccc32)c(=O)c1. The number of ether oxygens (including phenoxy) is 2. The number of nitrogens with zero attached hydrogens (tertiary/aromatic N) is 2. The summed E-state index contributed by atoms with van der Waals surface area (Å²) in [6.07, 6.45) is 1.54. The average molecular weight is 287 g/mol. The zero-order chi connectivity index (χ0) is 14.7. The fraction of sp³-hybridized carbons (Fsp3) is 0.333. The van der Waals surface area contributed by atoms with E-state index in [1.165, 1.54) is 10.7 Å². The summed E-state index contributed by atoms with van der Waals surface area (Å²) in [5.41, 5.74) is 6.29. The molecule has 3 rings (SSSR count). The lowest BCUT2D eigenvalue weighted by Crippen LogP contribution is -2.26. The van der Waals surface area contributed by atoms with Crippen LogP contribution in [0, 0.1) is 0 Å². The van der Waals surface area contributed by atoms with Gasteiger partial charge in [0.2, 0.25) is 0 Å². The monoisotopic (exact) mass is 287 g/mol. The van der Waals surface area contributed by atoms with Gasteiger partial charge in [0.25, 0.3) is 5.56 Å². The van der Waals surface area contributed by atoms with Crippen LogP contribution >= 0.6 is 0 Å². The maximum Gasteiger partial charge on any atom is 0.270 e. The van der Waals surface area contributed by atoms with E-state index in [1.807, 2.05) is 24.3 Å². The molecule has 0 bridgehead atoms. The van der Waals surface area contributed by atoms with Crippen LogP contribution in [-0.4, -0.2) is 29.5 Å². The number of fused-ring (bicyclic) bond motifs is 1. The van der Waals surface area contributed by atoms with E-state index in [1.54, 1.807) is 6.20 Å². The third-order valence-electron chi connectivity index (χ3n) is 3.42. The Balaban J connectivity index is 1.76. The molecule has 21 heavy (non-hydrogen) atoms. The zero-order valence-corrected chi connectivity index (χ0v) is 11.6. The van der Waals surface area contributed by atoms with Gasteiger partial charge in [0.15, 0.2) is 0 Å². The van der Waals surface area contributed by atoms with Crippen LogP contribution in [0.1, 0.15) is 11.5 Å². The van der Waals surface area contributed by atoms with Crippen molar-refractivity contribution in [2.75, 3.05) is 19.8 Å². The van der Waals surface area contributed by atoms with Crippen LogP contribution in [0.15, 0.2) is 41.3 Å². The van der Waals surface area contributed by atoms with Gasteiger partial charge in [0, 0.05) is 24.1 Å². The van der Waals surface area contributed by atoms with Gasteiger partial charge in [-0.05, 0) is 6.07 Å². The molecule has 1 atom stereocenters. The van der Waals surface area contributed by atoms with Gasteiger partial charge < -0.3 is 15.2 Å². The molecule has 0 spiro atoms. The summed E-state index contributed by atoms with van der Waals surface area (Å²) in [5.74, 6) is 1.48. The van der Waals surface area contributed by atoms with Gasteiger partial charge >= 0.3 is 0 Å². The number of benzene rings is 1. The van der Waals surface area contributed by atoms with Crippen molar-refractivity contribution >= 4 is 0 Å². The number of para-hydroxylation sites is 1. The van der Waals surface area contributed by atoms with Crippen molar-refractivity contribution in [3.63, 3.8) is 0 Å². The Bertz CT molecular complexity index is 684. The van der Waals surface area contributed by atoms with Crippen LogP contribution in [0.25, 0.3) is 0 Å². The second-order valence-electron chi connectivity index (χ2n) is 4.89. The maximum atomic E-state index is 12.1. The Kier molecular flexibility index (Phi) is 3.87. The molecule has 110 valence electrons. The molecular formula is C15H17N3O3. The van der Waals surface area contributed by atoms with Gasteiger partial charge in [-0.15, -0.1) is 0 Å². The van der Waals surface area contributed by atoms with Gasteiger partial charge in [0.1, 0.15) is 18.1 Å². The van der Waals surface area contributed by atoms with E-state index < -0.39 is 0 Å². The molecule has 2 heterocycles. The summed E-state index contributed by atoms with van der Waals surface area (Å²) in [5, 5.41) is 4.15. The first-order valence-corrected chi connectivity index (χ1v) is 6.89. The van der Waals surface area contributed by atoms with Crippen molar-refractivity contribution in [2.24, 2.45) is 5.73 Å². The molecule has 0 saturated heterocycles. The number of rotatable bonds is 5. The normalized spacial score (nSPS) is 16.3. The molecule has 0 fully saturated rings. The molecule has 1 aromatic carbocycles. The fourth-order valence-electron chi connectivity index (χ4n) is 2.40. The lowest BCUT2D eigenvalue weighted by atomic mass is 10.0. The minimum absolute atomic E-state index is 0.141. The first-order chi connectivity index (χ1) is 10.3. The summed E-state index contributed by atoms with van der Waals surface area (Å²) in [4.78, 5) is 12.1. The van der Waals surface area contributed by atoms with E-state index in [2.05, 4.69) is 5.10 Å². The molecule has 1 aliphatic heterocycles. The molecular weight excluding hydrogens is 270 g/mol. The molecule has 1 aliphatic rings. The van der Waals surface area contributed by atoms with E-state index in [0.717, 1.165) is 11.3 Å². The first-order valence-electron chi connectivity index (χ1n) is 6.89. The Morgan fingerprint density at radius 3 is 3.10 bits per heavy atom. The maximum absolute atomic E-state index is 12.1.